The van der Waals surface area contributed by atoms with E-state index in [1.165, 1.54) is 12.0 Å². The predicted octanol–water partition coefficient (Wildman–Crippen LogP) is 0.546. The molecule has 0 aliphatic carbocycles. The number of methoxy groups -OCH3 is 1. The van der Waals surface area contributed by atoms with Crippen molar-refractivity contribution in [2.45, 2.75) is 19.8 Å². The van der Waals surface area contributed by atoms with Gasteiger partial charge in [0, 0.05) is 33.4 Å². The zero-order chi connectivity index (χ0) is 14.5. The summed E-state index contributed by atoms with van der Waals surface area (Å²) in [6.07, 6.45) is 1.67. The van der Waals surface area contributed by atoms with Crippen LogP contribution in [0.2, 0.25) is 0 Å². The van der Waals surface area contributed by atoms with Crippen LogP contribution < -0.4 is 5.32 Å². The third kappa shape index (κ3) is 10.3. The number of carbonyl (C=O) groups is 2. The van der Waals surface area contributed by atoms with Crippen LogP contribution in [0.25, 0.3) is 0 Å². The lowest BCUT2D eigenvalue weighted by Crippen LogP contribution is -2.44. The summed E-state index contributed by atoms with van der Waals surface area (Å²) in [5.41, 5.74) is 0. The van der Waals surface area contributed by atoms with Gasteiger partial charge in [-0.05, 0) is 12.8 Å². The van der Waals surface area contributed by atoms with E-state index in [4.69, 9.17) is 14.6 Å². The van der Waals surface area contributed by atoms with Crippen molar-refractivity contribution in [2.75, 3.05) is 46.6 Å². The predicted molar refractivity (Wildman–Crippen MR) is 70.2 cm³/mol. The Balaban J connectivity index is 3.86. The second kappa shape index (κ2) is 11.7. The monoisotopic (exact) mass is 276 g/mol. The lowest BCUT2D eigenvalue weighted by atomic mass is 10.4. The quantitative estimate of drug-likeness (QED) is 0.538. The third-order valence-electron chi connectivity index (χ3n) is 2.27. The van der Waals surface area contributed by atoms with E-state index in [0.29, 0.717) is 32.8 Å². The lowest BCUT2D eigenvalue weighted by molar-refractivity contribution is -0.137. The fraction of sp³-hybridized carbons (Fsp3) is 0.833. The van der Waals surface area contributed by atoms with E-state index in [9.17, 15) is 9.59 Å². The second-order valence-corrected chi connectivity index (χ2v) is 4.01. The molecule has 7 nitrogen and oxygen atoms in total. The number of carboxylic acids is 1. The van der Waals surface area contributed by atoms with Gasteiger partial charge in [-0.2, -0.15) is 0 Å². The number of ether oxygens (including phenoxy) is 2. The number of hydrogen-bond donors (Lipinski definition) is 2. The van der Waals surface area contributed by atoms with Gasteiger partial charge in [0.1, 0.15) is 6.54 Å². The van der Waals surface area contributed by atoms with Gasteiger partial charge >= 0.3 is 12.0 Å². The molecule has 7 heteroatoms. The Bertz CT molecular complexity index is 261. The Morgan fingerprint density at radius 1 is 1.26 bits per heavy atom. The summed E-state index contributed by atoms with van der Waals surface area (Å²) in [4.78, 5) is 23.6. The number of nitrogens with one attached hydrogen (secondary N) is 1. The van der Waals surface area contributed by atoms with E-state index in [0.717, 1.165) is 6.42 Å². The highest BCUT2D eigenvalue weighted by atomic mass is 16.5. The van der Waals surface area contributed by atoms with E-state index in [1.807, 2.05) is 6.92 Å². The molecule has 0 saturated carbocycles. The summed E-state index contributed by atoms with van der Waals surface area (Å²) in [7, 11) is 1.50. The van der Waals surface area contributed by atoms with Gasteiger partial charge in [-0.3, -0.25) is 4.79 Å². The maximum Gasteiger partial charge on any atom is 0.323 e. The maximum atomic E-state index is 11.7. The summed E-state index contributed by atoms with van der Waals surface area (Å²) >= 11 is 0. The first kappa shape index (κ1) is 17.7. The Morgan fingerprint density at radius 2 is 2.00 bits per heavy atom. The van der Waals surface area contributed by atoms with Crippen LogP contribution in [0.4, 0.5) is 4.79 Å². The zero-order valence-electron chi connectivity index (χ0n) is 11.7. The molecule has 0 rings (SSSR count). The van der Waals surface area contributed by atoms with Gasteiger partial charge in [0.25, 0.3) is 0 Å². The first-order valence-electron chi connectivity index (χ1n) is 6.43. The van der Waals surface area contributed by atoms with Crippen molar-refractivity contribution < 1.29 is 24.2 Å². The molecule has 0 saturated heterocycles. The van der Waals surface area contributed by atoms with E-state index in [1.54, 1.807) is 0 Å². The molecule has 2 amide bonds. The van der Waals surface area contributed by atoms with Crippen molar-refractivity contribution >= 4 is 12.0 Å². The highest BCUT2D eigenvalue weighted by Gasteiger charge is 2.15. The average Bonchev–Trinajstić information content (AvgIpc) is 2.37. The zero-order valence-corrected chi connectivity index (χ0v) is 11.7. The number of urea groups is 1. The molecule has 0 fully saturated rings. The third-order valence-corrected chi connectivity index (χ3v) is 2.27. The van der Waals surface area contributed by atoms with E-state index >= 15 is 0 Å². The van der Waals surface area contributed by atoms with Crippen LogP contribution >= 0.6 is 0 Å². The maximum absolute atomic E-state index is 11.7. The van der Waals surface area contributed by atoms with Gasteiger partial charge in [-0.1, -0.05) is 6.92 Å². The van der Waals surface area contributed by atoms with Gasteiger partial charge in [0.05, 0.1) is 6.61 Å². The number of nitrogens with zero attached hydrogens (tertiary/aromatic N) is 1. The molecule has 0 heterocycles. The fourth-order valence-corrected chi connectivity index (χ4v) is 1.34. The van der Waals surface area contributed by atoms with Gasteiger partial charge in [-0.15, -0.1) is 0 Å². The Hall–Kier alpha value is -1.34. The van der Waals surface area contributed by atoms with Gasteiger partial charge in [-0.25, -0.2) is 4.79 Å². The first-order valence-corrected chi connectivity index (χ1v) is 6.43. The number of aliphatic carboxylic acids is 1. The summed E-state index contributed by atoms with van der Waals surface area (Å²) in [5, 5.41) is 11.4. The molecule has 0 aliphatic heterocycles. The minimum atomic E-state index is -1.04. The molecule has 112 valence electrons. The van der Waals surface area contributed by atoms with Crippen molar-refractivity contribution in [2.24, 2.45) is 0 Å². The Kier molecular flexibility index (Phi) is 10.9. The number of amides is 2. The molecule has 0 bridgehead atoms. The average molecular weight is 276 g/mol. The van der Waals surface area contributed by atoms with E-state index < -0.39 is 12.0 Å². The van der Waals surface area contributed by atoms with E-state index in [-0.39, 0.29) is 13.1 Å². The summed E-state index contributed by atoms with van der Waals surface area (Å²) in [6.45, 7) is 4.02. The highest BCUT2D eigenvalue weighted by Crippen LogP contribution is 1.91. The smallest absolute Gasteiger partial charge is 0.323 e. The molecule has 0 atom stereocenters. The topological polar surface area (TPSA) is 88.1 Å². The van der Waals surface area contributed by atoms with Crippen LogP contribution in [0.1, 0.15) is 19.8 Å². The van der Waals surface area contributed by atoms with Crippen molar-refractivity contribution in [3.63, 3.8) is 0 Å². The molecule has 0 spiro atoms. The number of hydrogen-bond acceptors (Lipinski definition) is 4. The SMILES string of the molecule is CCCOCCCNC(=O)N(CCOC)CC(=O)O. The van der Waals surface area contributed by atoms with Crippen LogP contribution in [0, 0.1) is 0 Å². The molecular weight excluding hydrogens is 252 g/mol. The summed E-state index contributed by atoms with van der Waals surface area (Å²) in [5.74, 6) is -1.04. The largest absolute Gasteiger partial charge is 0.480 e. The van der Waals surface area contributed by atoms with Crippen LogP contribution in [0.5, 0.6) is 0 Å². The molecule has 0 radical (unpaired) electrons. The van der Waals surface area contributed by atoms with Gasteiger partial charge in [0.15, 0.2) is 0 Å². The van der Waals surface area contributed by atoms with E-state index in [2.05, 4.69) is 5.32 Å². The minimum absolute atomic E-state index is 0.251. The Morgan fingerprint density at radius 3 is 2.58 bits per heavy atom. The molecule has 0 aromatic heterocycles. The van der Waals surface area contributed by atoms with Crippen LogP contribution in [-0.2, 0) is 14.3 Å². The van der Waals surface area contributed by atoms with Crippen LogP contribution in [0.3, 0.4) is 0 Å². The van der Waals surface area contributed by atoms with Crippen molar-refractivity contribution in [3.05, 3.63) is 0 Å². The lowest BCUT2D eigenvalue weighted by Gasteiger charge is -2.20. The summed E-state index contributed by atoms with van der Waals surface area (Å²) in [6, 6.07) is -0.394. The number of rotatable bonds is 11. The number of carboxylic acid groups (broad SMARTS) is 1. The molecular formula is C12H24N2O5. The van der Waals surface area contributed by atoms with Gasteiger partial charge < -0.3 is 24.8 Å². The molecule has 2 N–H and O–H groups in total. The molecule has 0 aliphatic rings. The Labute approximate surface area is 113 Å². The normalized spacial score (nSPS) is 10.2. The van der Waals surface area contributed by atoms with Gasteiger partial charge in [0.2, 0.25) is 0 Å². The number of carbonyl (C=O) groups excluding carboxylic acids is 1. The molecule has 0 unspecified atom stereocenters. The van der Waals surface area contributed by atoms with Crippen molar-refractivity contribution in [1.29, 1.82) is 0 Å². The van der Waals surface area contributed by atoms with Crippen LogP contribution in [-0.4, -0.2) is 68.6 Å². The summed E-state index contributed by atoms with van der Waals surface area (Å²) < 4.78 is 10.1. The highest BCUT2D eigenvalue weighted by molar-refractivity contribution is 5.80. The molecule has 0 aromatic rings. The van der Waals surface area contributed by atoms with Crippen molar-refractivity contribution in [3.8, 4) is 0 Å². The van der Waals surface area contributed by atoms with Crippen molar-refractivity contribution in [1.82, 2.24) is 10.2 Å². The standard InChI is InChI=1S/C12H24N2O5/c1-3-7-19-8-4-5-13-12(17)14(6-9-18-2)10-11(15)16/h3-10H2,1-2H3,(H,13,17)(H,15,16). The second-order valence-electron chi connectivity index (χ2n) is 4.01. The fourth-order valence-electron chi connectivity index (χ4n) is 1.34. The minimum Gasteiger partial charge on any atom is -0.480 e. The molecule has 19 heavy (non-hydrogen) atoms. The first-order chi connectivity index (χ1) is 9.11. The molecule has 0 aromatic carbocycles. The van der Waals surface area contributed by atoms with Crippen LogP contribution in [0.15, 0.2) is 0 Å².